The van der Waals surface area contributed by atoms with Crippen molar-refractivity contribution in [2.45, 2.75) is 32.2 Å². The summed E-state index contributed by atoms with van der Waals surface area (Å²) in [4.78, 5) is 15.1. The molecule has 0 saturated heterocycles. The smallest absolute Gasteiger partial charge is 0.404 e. The van der Waals surface area contributed by atoms with Gasteiger partial charge in [-0.2, -0.15) is 5.26 Å². The van der Waals surface area contributed by atoms with Crippen LogP contribution in [0.25, 0.3) is 11.0 Å². The summed E-state index contributed by atoms with van der Waals surface area (Å²) in [5.74, 6) is 0.224. The summed E-state index contributed by atoms with van der Waals surface area (Å²) in [6, 6.07) is 7.54. The van der Waals surface area contributed by atoms with Gasteiger partial charge in [-0.25, -0.2) is 9.78 Å². The Hall–Kier alpha value is -2.59. The molecule has 1 aromatic heterocycles. The number of hydrogen-bond acceptors (Lipinski definition) is 4. The Kier molecular flexibility index (Phi) is 4.91. The maximum absolute atomic E-state index is 10.7. The highest BCUT2D eigenvalue weighted by Crippen LogP contribution is 2.41. The normalized spacial score (nSPS) is 23.3. The quantitative estimate of drug-likeness (QED) is 0.772. The van der Waals surface area contributed by atoms with Crippen LogP contribution in [0.3, 0.4) is 0 Å². The molecule has 1 fully saturated rings. The van der Waals surface area contributed by atoms with Gasteiger partial charge < -0.3 is 20.1 Å². The minimum Gasteiger partial charge on any atom is -0.465 e. The third-order valence-electron chi connectivity index (χ3n) is 5.17. The molecule has 0 aliphatic heterocycles. The number of nitrogens with zero attached hydrogens (tertiary/aromatic N) is 3. The molecule has 132 valence electrons. The molecular weight excluding hydrogens is 320 g/mol. The Bertz CT molecular complexity index is 810. The highest BCUT2D eigenvalue weighted by molar-refractivity contribution is 5.77. The Labute approximate surface area is 145 Å². The second kappa shape index (κ2) is 7.11. The third kappa shape index (κ3) is 3.74. The van der Waals surface area contributed by atoms with Gasteiger partial charge in [0.05, 0.1) is 35.6 Å². The topological polar surface area (TPSA) is 111 Å². The number of aliphatic hydroxyl groups is 1. The van der Waals surface area contributed by atoms with Crippen LogP contribution in [0, 0.1) is 22.7 Å². The number of carboxylic acid groups (broad SMARTS) is 1. The van der Waals surface area contributed by atoms with Crippen LogP contribution in [0.1, 0.15) is 31.2 Å². The second-order valence-corrected chi connectivity index (χ2v) is 6.99. The fourth-order valence-corrected chi connectivity index (χ4v) is 3.94. The Balaban J connectivity index is 1.81. The van der Waals surface area contributed by atoms with Gasteiger partial charge in [-0.3, -0.25) is 0 Å². The van der Waals surface area contributed by atoms with E-state index >= 15 is 0 Å². The number of benzene rings is 1. The molecule has 7 heteroatoms. The van der Waals surface area contributed by atoms with Crippen LogP contribution in [0.4, 0.5) is 4.79 Å². The zero-order chi connectivity index (χ0) is 17.9. The van der Waals surface area contributed by atoms with Crippen molar-refractivity contribution in [2.75, 3.05) is 13.2 Å². The van der Waals surface area contributed by atoms with Gasteiger partial charge in [0.15, 0.2) is 0 Å². The lowest BCUT2D eigenvalue weighted by Gasteiger charge is -2.40. The number of aliphatic hydroxyl groups excluding tert-OH is 1. The van der Waals surface area contributed by atoms with Gasteiger partial charge in [0.25, 0.3) is 0 Å². The maximum atomic E-state index is 10.7. The SMILES string of the molecule is N#Cc1ccc2ncn(CC3(CO)CCCC(CNC(=O)O)C3)c2c1. The van der Waals surface area contributed by atoms with Gasteiger partial charge in [0.2, 0.25) is 0 Å². The fraction of sp³-hybridized carbons (Fsp3) is 0.500. The molecule has 0 bridgehead atoms. The molecule has 0 spiro atoms. The van der Waals surface area contributed by atoms with Gasteiger partial charge in [-0.15, -0.1) is 0 Å². The standard InChI is InChI=1S/C18H22N4O3/c19-8-13-3-4-15-16(6-13)22(12-21-15)10-18(11-23)5-1-2-14(7-18)9-20-17(24)25/h3-4,6,12,14,20,23H,1-2,5,7,9-11H2,(H,24,25). The summed E-state index contributed by atoms with van der Waals surface area (Å²) in [6.45, 7) is 1.08. The summed E-state index contributed by atoms with van der Waals surface area (Å²) in [5.41, 5.74) is 2.00. The molecule has 2 unspecified atom stereocenters. The molecule has 1 saturated carbocycles. The van der Waals surface area contributed by atoms with Gasteiger partial charge in [-0.05, 0) is 43.4 Å². The molecular formula is C18H22N4O3. The number of nitrogens with one attached hydrogen (secondary N) is 1. The van der Waals surface area contributed by atoms with Crippen molar-refractivity contribution in [3.8, 4) is 6.07 Å². The summed E-state index contributed by atoms with van der Waals surface area (Å²) in [5, 5.41) is 30.5. The molecule has 2 atom stereocenters. The number of nitriles is 1. The van der Waals surface area contributed by atoms with Crippen LogP contribution in [0.5, 0.6) is 0 Å². The van der Waals surface area contributed by atoms with Crippen LogP contribution in [0.2, 0.25) is 0 Å². The molecule has 25 heavy (non-hydrogen) atoms. The average Bonchev–Trinajstić information content (AvgIpc) is 3.02. The summed E-state index contributed by atoms with van der Waals surface area (Å²) in [7, 11) is 0. The molecule has 3 N–H and O–H groups in total. The van der Waals surface area contributed by atoms with Crippen LogP contribution in [-0.2, 0) is 6.54 Å². The largest absolute Gasteiger partial charge is 0.465 e. The van der Waals surface area contributed by atoms with E-state index in [4.69, 9.17) is 10.4 Å². The molecule has 1 amide bonds. The number of carbonyl (C=O) groups is 1. The minimum absolute atomic E-state index is 0.0498. The Morgan fingerprint density at radius 2 is 2.36 bits per heavy atom. The lowest BCUT2D eigenvalue weighted by molar-refractivity contribution is 0.0415. The van der Waals surface area contributed by atoms with Crippen LogP contribution in [-0.4, -0.2) is 39.0 Å². The molecule has 7 nitrogen and oxygen atoms in total. The first-order valence-corrected chi connectivity index (χ1v) is 8.48. The highest BCUT2D eigenvalue weighted by atomic mass is 16.4. The Morgan fingerprint density at radius 3 is 3.08 bits per heavy atom. The molecule has 1 heterocycles. The van der Waals surface area contributed by atoms with Gasteiger partial charge in [0, 0.05) is 18.5 Å². The van der Waals surface area contributed by atoms with E-state index in [1.54, 1.807) is 12.4 Å². The maximum Gasteiger partial charge on any atom is 0.404 e. The van der Waals surface area contributed by atoms with E-state index in [1.807, 2.05) is 16.7 Å². The van der Waals surface area contributed by atoms with E-state index in [0.717, 1.165) is 36.7 Å². The number of fused-ring (bicyclic) bond motifs is 1. The predicted octanol–water partition coefficient (Wildman–Crippen LogP) is 2.34. The van der Waals surface area contributed by atoms with Crippen molar-refractivity contribution in [3.05, 3.63) is 30.1 Å². The number of hydrogen-bond donors (Lipinski definition) is 3. The van der Waals surface area contributed by atoms with E-state index in [9.17, 15) is 9.90 Å². The first kappa shape index (κ1) is 17.2. The lowest BCUT2D eigenvalue weighted by Crippen LogP contribution is -2.39. The third-order valence-corrected chi connectivity index (χ3v) is 5.17. The second-order valence-electron chi connectivity index (χ2n) is 6.99. The molecule has 1 aliphatic rings. The van der Waals surface area contributed by atoms with Crippen molar-refractivity contribution < 1.29 is 15.0 Å². The van der Waals surface area contributed by atoms with Gasteiger partial charge >= 0.3 is 6.09 Å². The molecule has 3 rings (SSSR count). The molecule has 0 radical (unpaired) electrons. The van der Waals surface area contributed by atoms with Gasteiger partial charge in [-0.1, -0.05) is 6.42 Å². The number of rotatable bonds is 5. The van der Waals surface area contributed by atoms with E-state index < -0.39 is 6.09 Å². The van der Waals surface area contributed by atoms with Crippen molar-refractivity contribution in [1.29, 1.82) is 5.26 Å². The van der Waals surface area contributed by atoms with Crippen molar-refractivity contribution in [1.82, 2.24) is 14.9 Å². The van der Waals surface area contributed by atoms with Crippen LogP contribution >= 0.6 is 0 Å². The molecule has 2 aromatic rings. The van der Waals surface area contributed by atoms with Crippen molar-refractivity contribution in [3.63, 3.8) is 0 Å². The van der Waals surface area contributed by atoms with Crippen LogP contribution in [0.15, 0.2) is 24.5 Å². The summed E-state index contributed by atoms with van der Waals surface area (Å²) in [6.07, 6.45) is 4.33. The number of imidazole rings is 1. The number of aromatic nitrogens is 2. The summed E-state index contributed by atoms with van der Waals surface area (Å²) >= 11 is 0. The zero-order valence-corrected chi connectivity index (χ0v) is 14.0. The van der Waals surface area contributed by atoms with Crippen LogP contribution < -0.4 is 5.32 Å². The Morgan fingerprint density at radius 1 is 1.52 bits per heavy atom. The first-order chi connectivity index (χ1) is 12.0. The van der Waals surface area contributed by atoms with E-state index in [2.05, 4.69) is 16.4 Å². The van der Waals surface area contributed by atoms with Crippen molar-refractivity contribution in [2.24, 2.45) is 11.3 Å². The minimum atomic E-state index is -1.01. The fourth-order valence-electron chi connectivity index (χ4n) is 3.94. The monoisotopic (exact) mass is 342 g/mol. The van der Waals surface area contributed by atoms with Gasteiger partial charge in [0.1, 0.15) is 0 Å². The highest BCUT2D eigenvalue weighted by Gasteiger charge is 2.36. The zero-order valence-electron chi connectivity index (χ0n) is 14.0. The van der Waals surface area contributed by atoms with E-state index in [0.29, 0.717) is 18.7 Å². The lowest BCUT2D eigenvalue weighted by atomic mass is 9.70. The number of amides is 1. The first-order valence-electron chi connectivity index (χ1n) is 8.48. The molecule has 1 aromatic carbocycles. The van der Waals surface area contributed by atoms with Crippen molar-refractivity contribution >= 4 is 17.1 Å². The molecule has 1 aliphatic carbocycles. The van der Waals surface area contributed by atoms with E-state index in [-0.39, 0.29) is 17.9 Å². The predicted molar refractivity (Wildman–Crippen MR) is 92.0 cm³/mol. The summed E-state index contributed by atoms with van der Waals surface area (Å²) < 4.78 is 2.00. The van der Waals surface area contributed by atoms with E-state index in [1.165, 1.54) is 0 Å². The average molecular weight is 342 g/mol.